The summed E-state index contributed by atoms with van der Waals surface area (Å²) in [6.07, 6.45) is -7.04. The first-order valence-corrected chi connectivity index (χ1v) is 13.2. The quantitative estimate of drug-likeness (QED) is 0.100. The van der Waals surface area contributed by atoms with Gasteiger partial charge in [-0.05, 0) is 43.3 Å². The van der Waals surface area contributed by atoms with Crippen LogP contribution >= 0.6 is 0 Å². The number of fused-ring (bicyclic) bond motifs is 1. The molecule has 2 aromatic carbocycles. The molecule has 0 bridgehead atoms. The number of carboxylic acid groups (broad SMARTS) is 2. The molecule has 13 nitrogen and oxygen atoms in total. The number of alkyl halides is 6. The fourth-order valence-corrected chi connectivity index (χ4v) is 3.77. The van der Waals surface area contributed by atoms with E-state index in [9.17, 15) is 35.9 Å². The zero-order valence-corrected chi connectivity index (χ0v) is 24.8. The number of imidazole rings is 1. The molecule has 4 aromatic rings. The third-order valence-corrected chi connectivity index (χ3v) is 5.92. The number of hydrogen-bond donors (Lipinski definition) is 5. The van der Waals surface area contributed by atoms with Crippen molar-refractivity contribution in [2.45, 2.75) is 38.3 Å². The first kappa shape index (κ1) is 38.5. The molecule has 0 aliphatic rings. The minimum Gasteiger partial charge on any atom is -0.489 e. The summed E-state index contributed by atoms with van der Waals surface area (Å²) in [6, 6.07) is 16.0. The number of aryl methyl sites for hydroxylation is 2. The molecule has 5 N–H and O–H groups in total. The third-order valence-electron chi connectivity index (χ3n) is 5.92. The normalized spacial score (nSPS) is 11.6. The fraction of sp³-hybridized carbons (Fsp3) is 0.241. The molecule has 0 saturated heterocycles. The van der Waals surface area contributed by atoms with Gasteiger partial charge in [-0.2, -0.15) is 26.3 Å². The Hall–Kier alpha value is -5.72. The van der Waals surface area contributed by atoms with Crippen molar-refractivity contribution in [2.24, 2.45) is 7.05 Å². The van der Waals surface area contributed by atoms with Crippen molar-refractivity contribution in [2.75, 3.05) is 0 Å². The number of ether oxygens (including phenoxy) is 1. The summed E-state index contributed by atoms with van der Waals surface area (Å²) in [5.41, 5.74) is 4.87. The number of carbonyl (C=O) groups is 4. The summed E-state index contributed by atoms with van der Waals surface area (Å²) in [5.74, 6) is -5.40. The molecule has 0 radical (unpaired) electrons. The first-order chi connectivity index (χ1) is 22.3. The number of rotatable bonds is 8. The number of nitrogens with zero attached hydrogens (tertiary/aromatic N) is 3. The number of pyridine rings is 1. The van der Waals surface area contributed by atoms with Gasteiger partial charge in [0.1, 0.15) is 18.2 Å². The third kappa shape index (κ3) is 11.9. The van der Waals surface area contributed by atoms with Crippen LogP contribution in [-0.4, -0.2) is 66.1 Å². The zero-order valence-electron chi connectivity index (χ0n) is 24.8. The van der Waals surface area contributed by atoms with E-state index >= 15 is 0 Å². The molecule has 2 heterocycles. The van der Waals surface area contributed by atoms with Crippen LogP contribution in [0.2, 0.25) is 0 Å². The molecule has 4 rings (SSSR count). The van der Waals surface area contributed by atoms with Crippen LogP contribution in [0.4, 0.5) is 26.3 Å². The maximum absolute atomic E-state index is 12.8. The lowest BCUT2D eigenvalue weighted by atomic mass is 10.1. The van der Waals surface area contributed by atoms with E-state index in [0.717, 1.165) is 22.2 Å². The number of hydrogen-bond acceptors (Lipinski definition) is 8. The van der Waals surface area contributed by atoms with Gasteiger partial charge in [-0.3, -0.25) is 19.8 Å². The van der Waals surface area contributed by atoms with Gasteiger partial charge in [-0.1, -0.05) is 18.2 Å². The number of aliphatic carboxylic acids is 2. The Kier molecular flexibility index (Phi) is 13.4. The van der Waals surface area contributed by atoms with Crippen molar-refractivity contribution in [1.29, 1.82) is 0 Å². The summed E-state index contributed by atoms with van der Waals surface area (Å²) in [7, 11) is 1.76. The molecule has 1 atom stereocenters. The van der Waals surface area contributed by atoms with Crippen molar-refractivity contribution in [3.05, 3.63) is 89.6 Å². The largest absolute Gasteiger partial charge is 0.490 e. The molecular weight excluding hydrogens is 660 g/mol. The number of halogens is 6. The van der Waals surface area contributed by atoms with E-state index in [0.29, 0.717) is 23.7 Å². The molecule has 48 heavy (non-hydrogen) atoms. The summed E-state index contributed by atoms with van der Waals surface area (Å²) >= 11 is 0. The van der Waals surface area contributed by atoms with Crippen LogP contribution in [0.25, 0.3) is 10.9 Å². The van der Waals surface area contributed by atoms with Gasteiger partial charge in [-0.25, -0.2) is 20.1 Å². The summed E-state index contributed by atoms with van der Waals surface area (Å²) in [6.45, 7) is 2.32. The van der Waals surface area contributed by atoms with E-state index in [1.54, 1.807) is 53.8 Å². The second-order valence-corrected chi connectivity index (χ2v) is 9.52. The maximum Gasteiger partial charge on any atom is 0.490 e. The Labute approximate surface area is 266 Å². The number of hydroxylamine groups is 1. The van der Waals surface area contributed by atoms with Crippen LogP contribution in [0, 0.1) is 6.92 Å². The van der Waals surface area contributed by atoms with Gasteiger partial charge in [0.25, 0.3) is 5.91 Å². The SMILES string of the molecule is Cc1cc(COc2ccc(C(=O)NC(CC(=O)NO)c3nccn3C)cc2)c2ccccc2n1.O=C(O)C(F)(F)F.O=C(O)C(F)(F)F. The van der Waals surface area contributed by atoms with Gasteiger partial charge < -0.3 is 24.8 Å². The number of amides is 2. The molecule has 0 aliphatic carbocycles. The zero-order chi connectivity index (χ0) is 36.2. The maximum atomic E-state index is 12.8. The highest BCUT2D eigenvalue weighted by Crippen LogP contribution is 2.22. The molecule has 19 heteroatoms. The number of nitrogens with one attached hydrogen (secondary N) is 2. The average Bonchev–Trinajstić information content (AvgIpc) is 3.44. The molecule has 258 valence electrons. The topological polar surface area (TPSA) is 193 Å². The summed E-state index contributed by atoms with van der Waals surface area (Å²) in [4.78, 5) is 51.1. The van der Waals surface area contributed by atoms with Gasteiger partial charge in [0.05, 0.1) is 18.0 Å². The highest BCUT2D eigenvalue weighted by molar-refractivity contribution is 5.94. The predicted molar refractivity (Wildman–Crippen MR) is 153 cm³/mol. The van der Waals surface area contributed by atoms with Crippen LogP contribution in [0.5, 0.6) is 5.75 Å². The lowest BCUT2D eigenvalue weighted by Gasteiger charge is -2.18. The van der Waals surface area contributed by atoms with Crippen molar-refractivity contribution in [3.8, 4) is 5.75 Å². The van der Waals surface area contributed by atoms with Crippen molar-refractivity contribution in [3.63, 3.8) is 0 Å². The van der Waals surface area contributed by atoms with Crippen molar-refractivity contribution >= 4 is 34.7 Å². The molecule has 2 amide bonds. The average molecular weight is 688 g/mol. The number of benzene rings is 2. The first-order valence-electron chi connectivity index (χ1n) is 13.2. The van der Waals surface area contributed by atoms with E-state index in [1.807, 2.05) is 37.3 Å². The lowest BCUT2D eigenvalue weighted by molar-refractivity contribution is -0.193. The van der Waals surface area contributed by atoms with Gasteiger partial charge >= 0.3 is 24.3 Å². The summed E-state index contributed by atoms with van der Waals surface area (Å²) in [5, 5.41) is 27.0. The van der Waals surface area contributed by atoms with Crippen LogP contribution < -0.4 is 15.5 Å². The minimum atomic E-state index is -5.08. The van der Waals surface area contributed by atoms with E-state index in [-0.39, 0.29) is 12.3 Å². The molecule has 0 fully saturated rings. The Morgan fingerprint density at radius 2 is 1.50 bits per heavy atom. The molecule has 2 aromatic heterocycles. The second-order valence-electron chi connectivity index (χ2n) is 9.52. The Morgan fingerprint density at radius 1 is 0.938 bits per heavy atom. The Morgan fingerprint density at radius 3 is 2.00 bits per heavy atom. The van der Waals surface area contributed by atoms with Crippen LogP contribution in [-0.2, 0) is 28.0 Å². The number of para-hydroxylation sites is 1. The van der Waals surface area contributed by atoms with Crippen LogP contribution in [0.1, 0.15) is 39.9 Å². The van der Waals surface area contributed by atoms with E-state index in [4.69, 9.17) is 29.7 Å². The second kappa shape index (κ2) is 16.7. The number of carbonyl (C=O) groups excluding carboxylic acids is 2. The molecular formula is C29H27F6N5O8. The monoisotopic (exact) mass is 687 g/mol. The van der Waals surface area contributed by atoms with Gasteiger partial charge in [0, 0.05) is 41.6 Å². The minimum absolute atomic E-state index is 0.159. The molecule has 0 aliphatic heterocycles. The smallest absolute Gasteiger partial charge is 0.489 e. The number of carboxylic acids is 2. The van der Waals surface area contributed by atoms with E-state index in [1.165, 1.54) is 0 Å². The lowest BCUT2D eigenvalue weighted by Crippen LogP contribution is -2.34. The predicted octanol–water partition coefficient (Wildman–Crippen LogP) is 4.49. The van der Waals surface area contributed by atoms with Gasteiger partial charge in [-0.15, -0.1) is 0 Å². The molecule has 0 saturated carbocycles. The Balaban J connectivity index is 0.000000479. The highest BCUT2D eigenvalue weighted by atomic mass is 19.4. The molecule has 1 unspecified atom stereocenters. The van der Waals surface area contributed by atoms with Gasteiger partial charge in [0.2, 0.25) is 5.91 Å². The highest BCUT2D eigenvalue weighted by Gasteiger charge is 2.38. The number of aromatic nitrogens is 3. The summed E-state index contributed by atoms with van der Waals surface area (Å²) < 4.78 is 71.1. The van der Waals surface area contributed by atoms with Gasteiger partial charge in [0.15, 0.2) is 0 Å². The molecule has 0 spiro atoms. The Bertz CT molecular complexity index is 1700. The fourth-order valence-electron chi connectivity index (χ4n) is 3.77. The van der Waals surface area contributed by atoms with E-state index < -0.39 is 36.2 Å². The van der Waals surface area contributed by atoms with Crippen molar-refractivity contribution < 1.29 is 65.7 Å². The van der Waals surface area contributed by atoms with Crippen LogP contribution in [0.15, 0.2) is 67.0 Å². The van der Waals surface area contributed by atoms with E-state index in [2.05, 4.69) is 15.3 Å². The van der Waals surface area contributed by atoms with Crippen molar-refractivity contribution in [1.82, 2.24) is 25.3 Å². The standard InChI is InChI=1S/C25H25N5O4.2C2HF3O2/c1-16-13-18(20-5-3-4-6-21(20)27-16)15-34-19-9-7-17(8-10-19)25(32)28-22(14-23(31)29-33)24-26-11-12-30(24)2;2*3-2(4,5)1(6)7/h3-13,22,33H,14-15H2,1-2H3,(H,28,32)(H,29,31);2*(H,6,7). The van der Waals surface area contributed by atoms with Crippen LogP contribution in [0.3, 0.4) is 0 Å².